The third-order valence-corrected chi connectivity index (χ3v) is 5.73. The second-order valence-corrected chi connectivity index (χ2v) is 9.52. The van der Waals surface area contributed by atoms with Crippen LogP contribution < -0.4 is 38.9 Å². The number of carboxylic acids is 1. The molecule has 212 valence electrons. The van der Waals surface area contributed by atoms with E-state index in [1.165, 1.54) is 0 Å². The lowest BCUT2D eigenvalue weighted by Gasteiger charge is -2.27. The minimum atomic E-state index is -1.20. The third kappa shape index (κ3) is 14.0. The number of nitrogens with one attached hydrogen (secondary N) is 3. The van der Waals surface area contributed by atoms with Crippen LogP contribution in [-0.4, -0.2) is 71.4 Å². The molecular formula is C23H44N8O6. The van der Waals surface area contributed by atoms with Gasteiger partial charge >= 0.3 is 5.97 Å². The van der Waals surface area contributed by atoms with Crippen LogP contribution in [0.15, 0.2) is 4.99 Å². The first-order valence-corrected chi connectivity index (χ1v) is 12.4. The summed E-state index contributed by atoms with van der Waals surface area (Å²) in [6.45, 7) is 7.45. The number of hydrogen-bond acceptors (Lipinski definition) is 7. The lowest BCUT2D eigenvalue weighted by Crippen LogP contribution is -2.58. The van der Waals surface area contributed by atoms with Gasteiger partial charge in [0.25, 0.3) is 0 Å². The lowest BCUT2D eigenvalue weighted by atomic mass is 9.97. The zero-order valence-electron chi connectivity index (χ0n) is 22.2. The molecule has 0 spiro atoms. The average molecular weight is 529 g/mol. The van der Waals surface area contributed by atoms with Gasteiger partial charge in [0, 0.05) is 13.0 Å². The Kier molecular flexibility index (Phi) is 15.5. The van der Waals surface area contributed by atoms with Crippen molar-refractivity contribution in [1.82, 2.24) is 16.0 Å². The van der Waals surface area contributed by atoms with Crippen molar-refractivity contribution in [2.45, 2.75) is 90.4 Å². The topological polar surface area (TPSA) is 258 Å². The first-order chi connectivity index (χ1) is 17.2. The summed E-state index contributed by atoms with van der Waals surface area (Å²) in [5.74, 6) is -4.33. The smallest absolute Gasteiger partial charge is 0.326 e. The Morgan fingerprint density at radius 3 is 1.92 bits per heavy atom. The molecule has 14 nitrogen and oxygen atoms in total. The molecule has 0 aliphatic rings. The molecule has 37 heavy (non-hydrogen) atoms. The SMILES string of the molecule is CCC(C)C(NC(=O)C(CC(C)C)NC(=O)C(CCC(N)=O)NC(=O)C(N)CCCN=C(N)N)C(=O)O. The maximum Gasteiger partial charge on any atom is 0.326 e. The van der Waals surface area contributed by atoms with E-state index in [1.807, 2.05) is 13.8 Å². The first-order valence-electron chi connectivity index (χ1n) is 12.4. The zero-order valence-corrected chi connectivity index (χ0v) is 22.2. The molecule has 0 aliphatic carbocycles. The molecule has 0 fully saturated rings. The van der Waals surface area contributed by atoms with Gasteiger partial charge in [-0.3, -0.25) is 24.2 Å². The molecule has 0 aromatic heterocycles. The Morgan fingerprint density at radius 2 is 1.43 bits per heavy atom. The van der Waals surface area contributed by atoms with Crippen LogP contribution >= 0.6 is 0 Å². The monoisotopic (exact) mass is 528 g/mol. The van der Waals surface area contributed by atoms with Crippen molar-refractivity contribution in [1.29, 1.82) is 0 Å². The predicted molar refractivity (Wildman–Crippen MR) is 139 cm³/mol. The van der Waals surface area contributed by atoms with Gasteiger partial charge in [0.05, 0.1) is 6.04 Å². The molecule has 0 aromatic carbocycles. The van der Waals surface area contributed by atoms with Gasteiger partial charge in [-0.05, 0) is 37.5 Å². The normalized spacial score (nSPS) is 15.0. The molecule has 0 rings (SSSR count). The summed E-state index contributed by atoms with van der Waals surface area (Å²) >= 11 is 0. The summed E-state index contributed by atoms with van der Waals surface area (Å²) in [6.07, 6.45) is 1.07. The molecule has 0 saturated carbocycles. The molecule has 0 bridgehead atoms. The molecule has 12 N–H and O–H groups in total. The van der Waals surface area contributed by atoms with Gasteiger partial charge in [0.1, 0.15) is 18.1 Å². The number of guanidine groups is 1. The number of amides is 4. The largest absolute Gasteiger partial charge is 0.480 e. The molecule has 5 atom stereocenters. The van der Waals surface area contributed by atoms with Crippen molar-refractivity contribution in [3.05, 3.63) is 0 Å². The number of nitrogens with zero attached hydrogens (tertiary/aromatic N) is 1. The molecule has 5 unspecified atom stereocenters. The number of hydrogen-bond donors (Lipinski definition) is 8. The number of primary amides is 1. The number of carbonyl (C=O) groups excluding carboxylic acids is 4. The van der Waals surface area contributed by atoms with Crippen molar-refractivity contribution in [2.75, 3.05) is 6.54 Å². The van der Waals surface area contributed by atoms with E-state index < -0.39 is 53.8 Å². The van der Waals surface area contributed by atoms with Crippen molar-refractivity contribution in [3.8, 4) is 0 Å². The van der Waals surface area contributed by atoms with Crippen molar-refractivity contribution in [2.24, 2.45) is 39.8 Å². The van der Waals surface area contributed by atoms with Crippen LogP contribution in [0.5, 0.6) is 0 Å². The fourth-order valence-corrected chi connectivity index (χ4v) is 3.40. The quantitative estimate of drug-likeness (QED) is 0.0569. The van der Waals surface area contributed by atoms with E-state index >= 15 is 0 Å². The van der Waals surface area contributed by atoms with Gasteiger partial charge in [-0.1, -0.05) is 34.1 Å². The summed E-state index contributed by atoms with van der Waals surface area (Å²) in [5, 5.41) is 17.1. The highest BCUT2D eigenvalue weighted by Crippen LogP contribution is 2.11. The van der Waals surface area contributed by atoms with E-state index in [-0.39, 0.29) is 50.0 Å². The summed E-state index contributed by atoms with van der Waals surface area (Å²) in [4.78, 5) is 65.4. The van der Waals surface area contributed by atoms with Crippen molar-refractivity contribution < 1.29 is 29.1 Å². The number of carbonyl (C=O) groups is 5. The van der Waals surface area contributed by atoms with Gasteiger partial charge in [-0.25, -0.2) is 4.79 Å². The number of carboxylic acid groups (broad SMARTS) is 1. The predicted octanol–water partition coefficient (Wildman–Crippen LogP) is -1.74. The van der Waals surface area contributed by atoms with Crippen molar-refractivity contribution >= 4 is 35.6 Å². The fraction of sp³-hybridized carbons (Fsp3) is 0.739. The molecule has 0 aliphatic heterocycles. The maximum atomic E-state index is 13.1. The summed E-state index contributed by atoms with van der Waals surface area (Å²) in [6, 6.07) is -4.37. The molecule has 14 heteroatoms. The van der Waals surface area contributed by atoms with Gasteiger partial charge in [-0.2, -0.15) is 0 Å². The van der Waals surface area contributed by atoms with Crippen LogP contribution in [0.4, 0.5) is 0 Å². The molecule has 0 heterocycles. The highest BCUT2D eigenvalue weighted by molar-refractivity contribution is 5.94. The maximum absolute atomic E-state index is 13.1. The zero-order chi connectivity index (χ0) is 28.7. The van der Waals surface area contributed by atoms with E-state index in [4.69, 9.17) is 22.9 Å². The van der Waals surface area contributed by atoms with Crippen molar-refractivity contribution in [3.63, 3.8) is 0 Å². The standard InChI is InChI=1S/C23H44N8O6/c1-5-13(4)18(22(36)37)31-21(35)16(11-12(2)3)30-20(34)15(8-9-17(25)32)29-19(33)14(24)7-6-10-28-23(26)27/h12-16,18H,5-11,24H2,1-4H3,(H2,25,32)(H,29,33)(H,30,34)(H,31,35)(H,36,37)(H4,26,27,28). The average Bonchev–Trinajstić information content (AvgIpc) is 2.80. The van der Waals surface area contributed by atoms with Crippen LogP contribution in [0.3, 0.4) is 0 Å². The summed E-state index contributed by atoms with van der Waals surface area (Å²) in [5.41, 5.74) is 21.6. The van der Waals surface area contributed by atoms with E-state index in [2.05, 4.69) is 20.9 Å². The molecule has 4 amide bonds. The van der Waals surface area contributed by atoms with E-state index in [9.17, 15) is 29.1 Å². The van der Waals surface area contributed by atoms with E-state index in [0.29, 0.717) is 12.8 Å². The highest BCUT2D eigenvalue weighted by Gasteiger charge is 2.32. The fourth-order valence-electron chi connectivity index (χ4n) is 3.40. The lowest BCUT2D eigenvalue weighted by molar-refractivity contribution is -0.144. The van der Waals surface area contributed by atoms with E-state index in [0.717, 1.165) is 0 Å². The highest BCUT2D eigenvalue weighted by atomic mass is 16.4. The number of nitrogens with two attached hydrogens (primary N) is 4. The second kappa shape index (κ2) is 17.1. The minimum absolute atomic E-state index is 0.0276. The van der Waals surface area contributed by atoms with Crippen LogP contribution in [0.1, 0.15) is 66.2 Å². The Labute approximate surface area is 217 Å². The summed E-state index contributed by atoms with van der Waals surface area (Å²) in [7, 11) is 0. The summed E-state index contributed by atoms with van der Waals surface area (Å²) < 4.78 is 0. The van der Waals surface area contributed by atoms with Gasteiger partial charge < -0.3 is 44.0 Å². The van der Waals surface area contributed by atoms with Crippen LogP contribution in [0.25, 0.3) is 0 Å². The Bertz CT molecular complexity index is 815. The Hall–Kier alpha value is -3.42. The van der Waals surface area contributed by atoms with E-state index in [1.54, 1.807) is 13.8 Å². The molecule has 0 aromatic rings. The van der Waals surface area contributed by atoms with Crippen LogP contribution in [0.2, 0.25) is 0 Å². The number of aliphatic carboxylic acids is 1. The third-order valence-electron chi connectivity index (χ3n) is 5.73. The molecule has 0 saturated heterocycles. The number of aliphatic imine (C=N–C) groups is 1. The minimum Gasteiger partial charge on any atom is -0.480 e. The van der Waals surface area contributed by atoms with Gasteiger partial charge in [-0.15, -0.1) is 0 Å². The van der Waals surface area contributed by atoms with Crippen LogP contribution in [0, 0.1) is 11.8 Å². The first kappa shape index (κ1) is 33.6. The Morgan fingerprint density at radius 1 is 0.865 bits per heavy atom. The molecule has 0 radical (unpaired) electrons. The van der Waals surface area contributed by atoms with Gasteiger partial charge in [0.2, 0.25) is 23.6 Å². The van der Waals surface area contributed by atoms with Crippen LogP contribution in [-0.2, 0) is 24.0 Å². The second-order valence-electron chi connectivity index (χ2n) is 9.52. The molecular weight excluding hydrogens is 484 g/mol. The van der Waals surface area contributed by atoms with Gasteiger partial charge in [0.15, 0.2) is 5.96 Å². The number of rotatable bonds is 18. The Balaban J connectivity index is 5.53.